The van der Waals surface area contributed by atoms with Crippen molar-refractivity contribution >= 4 is 5.95 Å². The van der Waals surface area contributed by atoms with Gasteiger partial charge in [0.1, 0.15) is 12.4 Å². The fraction of sp³-hybridized carbons (Fsp3) is 0.286. The molecule has 1 heterocycles. The Labute approximate surface area is 112 Å². The number of ether oxygens (including phenoxy) is 1. The van der Waals surface area contributed by atoms with Gasteiger partial charge in [-0.1, -0.05) is 12.1 Å². The Morgan fingerprint density at radius 1 is 1.16 bits per heavy atom. The van der Waals surface area contributed by atoms with Crippen molar-refractivity contribution in [1.82, 2.24) is 9.97 Å². The minimum Gasteiger partial charge on any atom is -0.492 e. The minimum atomic E-state index is 0.0500. The molecule has 0 spiro atoms. The lowest BCUT2D eigenvalue weighted by Gasteiger charge is -2.16. The van der Waals surface area contributed by atoms with Crippen molar-refractivity contribution in [3.8, 4) is 5.75 Å². The van der Waals surface area contributed by atoms with E-state index in [2.05, 4.69) is 9.97 Å². The van der Waals surface area contributed by atoms with E-state index in [0.29, 0.717) is 19.1 Å². The Morgan fingerprint density at radius 2 is 1.84 bits per heavy atom. The Morgan fingerprint density at radius 3 is 2.47 bits per heavy atom. The second kappa shape index (κ2) is 6.70. The van der Waals surface area contributed by atoms with E-state index < -0.39 is 0 Å². The average Bonchev–Trinajstić information content (AvgIpc) is 2.49. The van der Waals surface area contributed by atoms with E-state index in [0.717, 1.165) is 11.3 Å². The lowest BCUT2D eigenvalue weighted by molar-refractivity contribution is 0.281. The molecule has 0 bridgehead atoms. The third-order valence-electron chi connectivity index (χ3n) is 2.69. The second-order valence-corrected chi connectivity index (χ2v) is 4.12. The molecule has 5 heteroatoms. The number of anilines is 1. The predicted octanol–water partition coefficient (Wildman–Crippen LogP) is 1.48. The molecule has 0 amide bonds. The highest BCUT2D eigenvalue weighted by Gasteiger charge is 2.02. The number of hydrogen-bond acceptors (Lipinski definition) is 5. The van der Waals surface area contributed by atoms with E-state index >= 15 is 0 Å². The Balaban J connectivity index is 1.79. The molecule has 2 rings (SSSR count). The molecule has 0 saturated heterocycles. The lowest BCUT2D eigenvalue weighted by Crippen LogP contribution is -2.25. The topological polar surface area (TPSA) is 58.5 Å². The number of aliphatic hydroxyl groups is 1. The molecule has 0 unspecified atom stereocenters. The molecular formula is C14H17N3O2. The first-order valence-corrected chi connectivity index (χ1v) is 6.10. The Bertz CT molecular complexity index is 488. The van der Waals surface area contributed by atoms with Crippen LogP contribution < -0.4 is 9.64 Å². The van der Waals surface area contributed by atoms with Crippen LogP contribution in [-0.4, -0.2) is 35.3 Å². The summed E-state index contributed by atoms with van der Waals surface area (Å²) in [6, 6.07) is 9.18. The highest BCUT2D eigenvalue weighted by atomic mass is 16.5. The van der Waals surface area contributed by atoms with Crippen LogP contribution in [0.3, 0.4) is 0 Å². The summed E-state index contributed by atoms with van der Waals surface area (Å²) < 4.78 is 5.62. The van der Waals surface area contributed by atoms with Gasteiger partial charge in [0, 0.05) is 19.4 Å². The molecule has 1 aromatic heterocycles. The van der Waals surface area contributed by atoms with E-state index in [9.17, 15) is 0 Å². The molecule has 0 aliphatic rings. The molecule has 5 nitrogen and oxygen atoms in total. The zero-order valence-electron chi connectivity index (χ0n) is 10.9. The number of rotatable bonds is 6. The van der Waals surface area contributed by atoms with Crippen molar-refractivity contribution in [3.05, 3.63) is 48.3 Å². The fourth-order valence-electron chi connectivity index (χ4n) is 1.58. The number of aromatic nitrogens is 2. The van der Waals surface area contributed by atoms with Gasteiger partial charge in [-0.2, -0.15) is 0 Å². The number of nitrogens with zero attached hydrogens (tertiary/aromatic N) is 3. The molecule has 0 aliphatic heterocycles. The zero-order valence-corrected chi connectivity index (χ0v) is 10.9. The third kappa shape index (κ3) is 3.93. The van der Waals surface area contributed by atoms with Crippen LogP contribution in [-0.2, 0) is 6.61 Å². The average molecular weight is 259 g/mol. The normalized spacial score (nSPS) is 10.2. The monoisotopic (exact) mass is 259 g/mol. The minimum absolute atomic E-state index is 0.0500. The quantitative estimate of drug-likeness (QED) is 0.851. The maximum Gasteiger partial charge on any atom is 0.225 e. The van der Waals surface area contributed by atoms with Gasteiger partial charge in [0.15, 0.2) is 0 Å². The molecule has 1 N–H and O–H groups in total. The van der Waals surface area contributed by atoms with Crippen LogP contribution in [0.15, 0.2) is 42.7 Å². The van der Waals surface area contributed by atoms with Gasteiger partial charge in [-0.05, 0) is 23.8 Å². The summed E-state index contributed by atoms with van der Waals surface area (Å²) in [7, 11) is 1.92. The first kappa shape index (κ1) is 13.3. The van der Waals surface area contributed by atoms with Gasteiger partial charge < -0.3 is 14.7 Å². The van der Waals surface area contributed by atoms with Crippen molar-refractivity contribution in [2.45, 2.75) is 6.61 Å². The standard InChI is InChI=1S/C14H17N3O2/c1-17(14-15-7-2-8-16-14)9-10-19-13-5-3-12(11-18)4-6-13/h2-8,18H,9-11H2,1H3. The van der Waals surface area contributed by atoms with Crippen LogP contribution in [0.2, 0.25) is 0 Å². The lowest BCUT2D eigenvalue weighted by atomic mass is 10.2. The Hall–Kier alpha value is -2.14. The molecule has 1 aromatic carbocycles. The van der Waals surface area contributed by atoms with Gasteiger partial charge in [0.2, 0.25) is 5.95 Å². The Kier molecular flexibility index (Phi) is 4.69. The molecular weight excluding hydrogens is 242 g/mol. The highest BCUT2D eigenvalue weighted by molar-refractivity contribution is 5.28. The molecule has 19 heavy (non-hydrogen) atoms. The first-order valence-electron chi connectivity index (χ1n) is 6.10. The molecule has 0 fully saturated rings. The van der Waals surface area contributed by atoms with Crippen molar-refractivity contribution < 1.29 is 9.84 Å². The SMILES string of the molecule is CN(CCOc1ccc(CO)cc1)c1ncccn1. The van der Waals surface area contributed by atoms with E-state index in [1.807, 2.05) is 36.2 Å². The summed E-state index contributed by atoms with van der Waals surface area (Å²) >= 11 is 0. The van der Waals surface area contributed by atoms with Crippen LogP contribution in [0.25, 0.3) is 0 Å². The van der Waals surface area contributed by atoms with Gasteiger partial charge in [0.25, 0.3) is 0 Å². The van der Waals surface area contributed by atoms with Crippen LogP contribution in [0.5, 0.6) is 5.75 Å². The van der Waals surface area contributed by atoms with E-state index in [1.165, 1.54) is 0 Å². The van der Waals surface area contributed by atoms with Gasteiger partial charge in [-0.3, -0.25) is 0 Å². The smallest absolute Gasteiger partial charge is 0.225 e. The van der Waals surface area contributed by atoms with Crippen LogP contribution >= 0.6 is 0 Å². The van der Waals surface area contributed by atoms with Crippen molar-refractivity contribution in [3.63, 3.8) is 0 Å². The van der Waals surface area contributed by atoms with Gasteiger partial charge in [0.05, 0.1) is 13.2 Å². The summed E-state index contributed by atoms with van der Waals surface area (Å²) in [5.74, 6) is 1.47. The molecule has 2 aromatic rings. The van der Waals surface area contributed by atoms with Gasteiger partial charge in [-0.25, -0.2) is 9.97 Å². The van der Waals surface area contributed by atoms with Crippen LogP contribution in [0.4, 0.5) is 5.95 Å². The number of aliphatic hydroxyl groups excluding tert-OH is 1. The molecule has 0 atom stereocenters. The third-order valence-corrected chi connectivity index (χ3v) is 2.69. The van der Waals surface area contributed by atoms with Gasteiger partial charge in [-0.15, -0.1) is 0 Å². The summed E-state index contributed by atoms with van der Waals surface area (Å²) in [5.41, 5.74) is 0.877. The largest absolute Gasteiger partial charge is 0.492 e. The van der Waals surface area contributed by atoms with Crippen LogP contribution in [0, 0.1) is 0 Å². The van der Waals surface area contributed by atoms with E-state index in [1.54, 1.807) is 18.5 Å². The van der Waals surface area contributed by atoms with Crippen molar-refractivity contribution in [2.24, 2.45) is 0 Å². The number of benzene rings is 1. The fourth-order valence-corrected chi connectivity index (χ4v) is 1.58. The first-order chi connectivity index (χ1) is 9.29. The zero-order chi connectivity index (χ0) is 13.5. The highest BCUT2D eigenvalue weighted by Crippen LogP contribution is 2.12. The second-order valence-electron chi connectivity index (χ2n) is 4.12. The molecule has 0 aliphatic carbocycles. The van der Waals surface area contributed by atoms with E-state index in [-0.39, 0.29) is 6.61 Å². The van der Waals surface area contributed by atoms with Crippen molar-refractivity contribution in [1.29, 1.82) is 0 Å². The van der Waals surface area contributed by atoms with Crippen molar-refractivity contribution in [2.75, 3.05) is 25.1 Å². The maximum atomic E-state index is 8.94. The predicted molar refractivity (Wildman–Crippen MR) is 73.2 cm³/mol. The number of likely N-dealkylation sites (N-methyl/N-ethyl adjacent to an activating group) is 1. The van der Waals surface area contributed by atoms with Gasteiger partial charge >= 0.3 is 0 Å². The van der Waals surface area contributed by atoms with E-state index in [4.69, 9.17) is 9.84 Å². The summed E-state index contributed by atoms with van der Waals surface area (Å²) in [6.45, 7) is 1.30. The molecule has 100 valence electrons. The molecule has 0 radical (unpaired) electrons. The summed E-state index contributed by atoms with van der Waals surface area (Å²) in [6.07, 6.45) is 3.43. The summed E-state index contributed by atoms with van der Waals surface area (Å²) in [4.78, 5) is 10.2. The maximum absolute atomic E-state index is 8.94. The summed E-state index contributed by atoms with van der Waals surface area (Å²) in [5, 5.41) is 8.94. The number of hydrogen-bond donors (Lipinski definition) is 1. The van der Waals surface area contributed by atoms with Crippen LogP contribution in [0.1, 0.15) is 5.56 Å². The molecule has 0 saturated carbocycles.